The molecule has 0 amide bonds. The minimum atomic E-state index is -0.330. The van der Waals surface area contributed by atoms with Crippen molar-refractivity contribution in [1.82, 2.24) is 0 Å². The van der Waals surface area contributed by atoms with Crippen LogP contribution in [0.5, 0.6) is 0 Å². The Morgan fingerprint density at radius 3 is 2.88 bits per heavy atom. The highest BCUT2D eigenvalue weighted by molar-refractivity contribution is 6.31. The Morgan fingerprint density at radius 2 is 2.19 bits per heavy atom. The summed E-state index contributed by atoms with van der Waals surface area (Å²) in [5.74, 6) is -0.0320. The number of benzene rings is 1. The fourth-order valence-corrected chi connectivity index (χ4v) is 2.61. The Labute approximate surface area is 101 Å². The Morgan fingerprint density at radius 1 is 1.44 bits per heavy atom. The molecule has 0 radical (unpaired) electrons. The van der Waals surface area contributed by atoms with Gasteiger partial charge in [0.15, 0.2) is 0 Å². The van der Waals surface area contributed by atoms with E-state index in [0.29, 0.717) is 12.5 Å². The van der Waals surface area contributed by atoms with E-state index in [1.165, 1.54) is 6.07 Å². The average molecular weight is 243 g/mol. The summed E-state index contributed by atoms with van der Waals surface area (Å²) in [7, 11) is 0. The molecular formula is C13H16ClFO. The molecule has 1 heterocycles. The molecule has 0 aliphatic carbocycles. The van der Waals surface area contributed by atoms with E-state index in [1.54, 1.807) is 6.07 Å². The van der Waals surface area contributed by atoms with Gasteiger partial charge in [0, 0.05) is 6.61 Å². The van der Waals surface area contributed by atoms with Crippen LogP contribution in [0.4, 0.5) is 4.39 Å². The van der Waals surface area contributed by atoms with Gasteiger partial charge in [0.05, 0.1) is 10.6 Å². The zero-order valence-electron chi connectivity index (χ0n) is 9.59. The van der Waals surface area contributed by atoms with Gasteiger partial charge < -0.3 is 4.74 Å². The largest absolute Gasteiger partial charge is 0.376 e. The van der Waals surface area contributed by atoms with Crippen LogP contribution in [0.15, 0.2) is 18.2 Å². The van der Waals surface area contributed by atoms with Gasteiger partial charge in [-0.15, -0.1) is 0 Å². The fourth-order valence-electron chi connectivity index (χ4n) is 2.33. The molecule has 1 unspecified atom stereocenters. The molecule has 1 nitrogen and oxygen atoms in total. The molecule has 1 fully saturated rings. The normalized spacial score (nSPS) is 24.4. The van der Waals surface area contributed by atoms with Gasteiger partial charge in [-0.05, 0) is 44.2 Å². The number of rotatable bonds is 1. The standard InChI is InChI=1S/C13H16ClFO/c1-13(2)8-9(6-7-16-13)10-4-3-5-11(15)12(10)14/h3-5,9H,6-8H2,1-2H3. The first-order valence-corrected chi connectivity index (χ1v) is 5.95. The van der Waals surface area contributed by atoms with Gasteiger partial charge >= 0.3 is 0 Å². The van der Waals surface area contributed by atoms with Gasteiger partial charge in [0.1, 0.15) is 5.82 Å². The lowest BCUT2D eigenvalue weighted by atomic mass is 9.83. The van der Waals surface area contributed by atoms with Crippen molar-refractivity contribution in [2.24, 2.45) is 0 Å². The molecule has 1 atom stereocenters. The molecule has 3 heteroatoms. The third-order valence-electron chi connectivity index (χ3n) is 3.12. The molecule has 0 saturated carbocycles. The Balaban J connectivity index is 2.27. The highest BCUT2D eigenvalue weighted by Crippen LogP contribution is 2.38. The van der Waals surface area contributed by atoms with Crippen LogP contribution in [0.3, 0.4) is 0 Å². The highest BCUT2D eigenvalue weighted by atomic mass is 35.5. The van der Waals surface area contributed by atoms with Crippen molar-refractivity contribution in [1.29, 1.82) is 0 Å². The maximum atomic E-state index is 13.4. The third-order valence-corrected chi connectivity index (χ3v) is 3.52. The van der Waals surface area contributed by atoms with E-state index in [-0.39, 0.29) is 16.4 Å². The molecule has 1 aromatic carbocycles. The first kappa shape index (κ1) is 11.9. The van der Waals surface area contributed by atoms with Crippen molar-refractivity contribution in [3.63, 3.8) is 0 Å². The predicted molar refractivity (Wildman–Crippen MR) is 63.4 cm³/mol. The zero-order valence-corrected chi connectivity index (χ0v) is 10.4. The second-order valence-electron chi connectivity index (χ2n) is 4.94. The molecule has 0 spiro atoms. The van der Waals surface area contributed by atoms with Crippen LogP contribution in [0.1, 0.15) is 38.2 Å². The Kier molecular flexibility index (Phi) is 3.22. The lowest BCUT2D eigenvalue weighted by Crippen LogP contribution is -2.33. The van der Waals surface area contributed by atoms with Gasteiger partial charge in [-0.3, -0.25) is 0 Å². The van der Waals surface area contributed by atoms with Crippen LogP contribution >= 0.6 is 11.6 Å². The van der Waals surface area contributed by atoms with Crippen molar-refractivity contribution in [2.75, 3.05) is 6.61 Å². The minimum Gasteiger partial charge on any atom is -0.376 e. The van der Waals surface area contributed by atoms with E-state index in [1.807, 2.05) is 6.07 Å². The van der Waals surface area contributed by atoms with E-state index in [2.05, 4.69) is 13.8 Å². The fraction of sp³-hybridized carbons (Fsp3) is 0.538. The van der Waals surface area contributed by atoms with Gasteiger partial charge in [0.25, 0.3) is 0 Å². The van der Waals surface area contributed by atoms with Crippen molar-refractivity contribution < 1.29 is 9.13 Å². The summed E-state index contributed by atoms with van der Waals surface area (Å²) in [4.78, 5) is 0. The summed E-state index contributed by atoms with van der Waals surface area (Å²) in [6.07, 6.45) is 1.79. The molecule has 0 aromatic heterocycles. The molecule has 2 rings (SSSR count). The molecule has 0 N–H and O–H groups in total. The molecule has 16 heavy (non-hydrogen) atoms. The lowest BCUT2D eigenvalue weighted by Gasteiger charge is -2.36. The van der Waals surface area contributed by atoms with Gasteiger partial charge in [-0.1, -0.05) is 23.7 Å². The summed E-state index contributed by atoms with van der Waals surface area (Å²) in [5, 5.41) is 0.269. The molecule has 1 aromatic rings. The van der Waals surface area contributed by atoms with Crippen LogP contribution in [0.25, 0.3) is 0 Å². The molecule has 1 aliphatic heterocycles. The SMILES string of the molecule is CC1(C)CC(c2cccc(F)c2Cl)CCO1. The van der Waals surface area contributed by atoms with Crippen LogP contribution < -0.4 is 0 Å². The van der Waals surface area contributed by atoms with E-state index >= 15 is 0 Å². The molecule has 88 valence electrons. The van der Waals surface area contributed by atoms with Gasteiger partial charge in [-0.2, -0.15) is 0 Å². The summed E-state index contributed by atoms with van der Waals surface area (Å²) in [6, 6.07) is 5.03. The van der Waals surface area contributed by atoms with E-state index in [0.717, 1.165) is 18.4 Å². The molecule has 0 bridgehead atoms. The topological polar surface area (TPSA) is 9.23 Å². The summed E-state index contributed by atoms with van der Waals surface area (Å²) < 4.78 is 19.0. The predicted octanol–water partition coefficient (Wildman–Crippen LogP) is 4.15. The lowest BCUT2D eigenvalue weighted by molar-refractivity contribution is -0.0593. The van der Waals surface area contributed by atoms with Gasteiger partial charge in [-0.25, -0.2) is 4.39 Å². The number of hydrogen-bond acceptors (Lipinski definition) is 1. The van der Waals surface area contributed by atoms with Crippen molar-refractivity contribution in [3.05, 3.63) is 34.6 Å². The van der Waals surface area contributed by atoms with Crippen LogP contribution in [0.2, 0.25) is 5.02 Å². The van der Waals surface area contributed by atoms with E-state index in [4.69, 9.17) is 16.3 Å². The molecule has 1 saturated heterocycles. The molecule has 1 aliphatic rings. The second kappa shape index (κ2) is 4.34. The number of ether oxygens (including phenoxy) is 1. The summed E-state index contributed by atoms with van der Waals surface area (Å²) in [6.45, 7) is 4.84. The molecular weight excluding hydrogens is 227 g/mol. The van der Waals surface area contributed by atoms with E-state index < -0.39 is 0 Å². The van der Waals surface area contributed by atoms with Crippen molar-refractivity contribution >= 4 is 11.6 Å². The maximum Gasteiger partial charge on any atom is 0.142 e. The smallest absolute Gasteiger partial charge is 0.142 e. The first-order valence-electron chi connectivity index (χ1n) is 5.57. The van der Waals surface area contributed by atoms with Gasteiger partial charge in [0.2, 0.25) is 0 Å². The first-order chi connectivity index (χ1) is 7.49. The maximum absolute atomic E-state index is 13.4. The summed E-state index contributed by atoms with van der Waals surface area (Å²) in [5.41, 5.74) is 0.775. The minimum absolute atomic E-state index is 0.140. The highest BCUT2D eigenvalue weighted by Gasteiger charge is 2.30. The average Bonchev–Trinajstić information content (AvgIpc) is 2.20. The van der Waals surface area contributed by atoms with Crippen LogP contribution in [-0.4, -0.2) is 12.2 Å². The van der Waals surface area contributed by atoms with Crippen LogP contribution in [0, 0.1) is 5.82 Å². The van der Waals surface area contributed by atoms with Crippen molar-refractivity contribution in [3.8, 4) is 0 Å². The second-order valence-corrected chi connectivity index (χ2v) is 5.32. The monoisotopic (exact) mass is 242 g/mol. The van der Waals surface area contributed by atoms with Crippen molar-refractivity contribution in [2.45, 2.75) is 38.2 Å². The van der Waals surface area contributed by atoms with E-state index in [9.17, 15) is 4.39 Å². The quantitative estimate of drug-likeness (QED) is 0.719. The van der Waals surface area contributed by atoms with Crippen LogP contribution in [-0.2, 0) is 4.74 Å². The zero-order chi connectivity index (χ0) is 11.8. The Hall–Kier alpha value is -0.600. The third kappa shape index (κ3) is 2.38. The summed E-state index contributed by atoms with van der Waals surface area (Å²) >= 11 is 6.00. The number of halogens is 2. The Bertz CT molecular complexity index is 390. The number of hydrogen-bond donors (Lipinski definition) is 0.